The van der Waals surface area contributed by atoms with Gasteiger partial charge in [-0.3, -0.25) is 9.11 Å². The van der Waals surface area contributed by atoms with Crippen molar-refractivity contribution in [2.75, 3.05) is 0 Å². The monoisotopic (exact) mass is 164 g/mol. The van der Waals surface area contributed by atoms with Gasteiger partial charge in [0.2, 0.25) is 0 Å². The Morgan fingerprint density at radius 1 is 1.33 bits per heavy atom. The first-order valence-electron chi connectivity index (χ1n) is 1.74. The summed E-state index contributed by atoms with van der Waals surface area (Å²) >= 11 is -2.61. The molecule has 0 fully saturated rings. The van der Waals surface area contributed by atoms with Crippen molar-refractivity contribution in [3.8, 4) is 0 Å². The Bertz CT molecular complexity index is 73.8. The summed E-state index contributed by atoms with van der Waals surface area (Å²) in [5, 5.41) is 0. The van der Waals surface area contributed by atoms with E-state index in [4.69, 9.17) is 13.3 Å². The molecule has 6 heteroatoms. The Labute approximate surface area is 78.4 Å². The Morgan fingerprint density at radius 2 is 1.33 bits per heavy atom. The molecule has 52 valence electrons. The van der Waals surface area contributed by atoms with E-state index in [1.807, 2.05) is 0 Å². The predicted octanol–water partition coefficient (Wildman–Crippen LogP) is -0.372. The number of carbonyl (C=O) groups is 1. The van der Waals surface area contributed by atoms with Crippen molar-refractivity contribution >= 4 is 46.7 Å². The molecule has 0 aliphatic heterocycles. The normalized spacial score (nSPS) is 6.78. The topological polar surface area (TPSA) is 74.6 Å². The SMILES string of the molecule is CC(C)=O.O=S(O)O.[NaH]. The van der Waals surface area contributed by atoms with Crippen LogP contribution < -0.4 is 0 Å². The molecule has 4 nitrogen and oxygen atoms in total. The number of carbonyl (C=O) groups excluding carboxylic acids is 1. The van der Waals surface area contributed by atoms with Crippen LogP contribution >= 0.6 is 0 Å². The number of hydrogen-bond donors (Lipinski definition) is 2. The summed E-state index contributed by atoms with van der Waals surface area (Å²) in [5.74, 6) is 0.167. The van der Waals surface area contributed by atoms with Gasteiger partial charge in [-0.2, -0.15) is 4.21 Å². The molecule has 9 heavy (non-hydrogen) atoms. The fourth-order valence-electron chi connectivity index (χ4n) is 0. The van der Waals surface area contributed by atoms with E-state index >= 15 is 0 Å². The van der Waals surface area contributed by atoms with Crippen LogP contribution in [0.25, 0.3) is 0 Å². The van der Waals surface area contributed by atoms with Crippen LogP contribution in [0.5, 0.6) is 0 Å². The van der Waals surface area contributed by atoms with Crippen molar-refractivity contribution in [3.05, 3.63) is 0 Å². The van der Waals surface area contributed by atoms with Crippen molar-refractivity contribution in [3.63, 3.8) is 0 Å². The molecule has 0 amide bonds. The number of rotatable bonds is 0. The zero-order valence-corrected chi connectivity index (χ0v) is 5.44. The van der Waals surface area contributed by atoms with Crippen molar-refractivity contribution < 1.29 is 18.1 Å². The number of Topliss-reactive ketones (excluding diaryl/α,β-unsaturated/α-hetero) is 1. The average Bonchev–Trinajstić information content (AvgIpc) is 1.25. The Hall–Kier alpha value is 0.740. The minimum absolute atomic E-state index is 0. The van der Waals surface area contributed by atoms with Gasteiger partial charge in [-0.1, -0.05) is 0 Å². The van der Waals surface area contributed by atoms with Crippen molar-refractivity contribution in [2.45, 2.75) is 13.8 Å². The van der Waals surface area contributed by atoms with E-state index in [0.717, 1.165) is 0 Å². The molecular formula is C3H9NaO4S. The van der Waals surface area contributed by atoms with Gasteiger partial charge in [0.05, 0.1) is 0 Å². The minimum atomic E-state index is -2.61. The van der Waals surface area contributed by atoms with Crippen LogP contribution in [0.4, 0.5) is 0 Å². The van der Waals surface area contributed by atoms with E-state index in [1.165, 1.54) is 13.8 Å². The molecule has 0 heterocycles. The molecule has 0 aromatic carbocycles. The van der Waals surface area contributed by atoms with Crippen LogP contribution in [0, 0.1) is 0 Å². The Kier molecular flexibility index (Phi) is 21.0. The van der Waals surface area contributed by atoms with Crippen LogP contribution in [-0.4, -0.2) is 48.7 Å². The predicted molar refractivity (Wildman–Crippen MR) is 36.9 cm³/mol. The summed E-state index contributed by atoms with van der Waals surface area (Å²) in [6.07, 6.45) is 0. The molecular weight excluding hydrogens is 155 g/mol. The van der Waals surface area contributed by atoms with Gasteiger partial charge in [-0.25, -0.2) is 0 Å². The molecule has 2 N–H and O–H groups in total. The van der Waals surface area contributed by atoms with E-state index in [0.29, 0.717) is 0 Å². The van der Waals surface area contributed by atoms with Gasteiger partial charge in [0.1, 0.15) is 5.78 Å². The van der Waals surface area contributed by atoms with Gasteiger partial charge < -0.3 is 4.79 Å². The molecule has 0 aromatic heterocycles. The molecule has 0 unspecified atom stereocenters. The van der Waals surface area contributed by atoms with Gasteiger partial charge in [0.15, 0.2) is 0 Å². The van der Waals surface area contributed by atoms with E-state index < -0.39 is 11.4 Å². The second kappa shape index (κ2) is 11.5. The standard InChI is InChI=1S/C3H6O.Na.H2O3S.H/c1-3(2)4;;1-4(2)3;/h1-2H3;;(H2,1,2,3);. The van der Waals surface area contributed by atoms with Crippen LogP contribution in [0.2, 0.25) is 0 Å². The van der Waals surface area contributed by atoms with E-state index in [1.54, 1.807) is 0 Å². The fourth-order valence-corrected chi connectivity index (χ4v) is 0. The zero-order chi connectivity index (χ0) is 7.15. The zero-order valence-electron chi connectivity index (χ0n) is 4.62. The average molecular weight is 164 g/mol. The van der Waals surface area contributed by atoms with Crippen LogP contribution in [0.3, 0.4) is 0 Å². The fraction of sp³-hybridized carbons (Fsp3) is 0.667. The first kappa shape index (κ1) is 16.4. The maximum absolute atomic E-state index is 9.44. The Balaban J connectivity index is -0.0000000720. The third-order valence-electron chi connectivity index (χ3n) is 0. The van der Waals surface area contributed by atoms with Gasteiger partial charge in [0.25, 0.3) is 11.4 Å². The quantitative estimate of drug-likeness (QED) is 0.378. The van der Waals surface area contributed by atoms with Gasteiger partial charge in [0, 0.05) is 0 Å². The number of hydrogen-bond acceptors (Lipinski definition) is 2. The van der Waals surface area contributed by atoms with Crippen molar-refractivity contribution in [1.29, 1.82) is 0 Å². The second-order valence-corrected chi connectivity index (χ2v) is 1.60. The molecule has 0 rings (SSSR count). The molecule has 0 aromatic rings. The molecule has 0 saturated heterocycles. The molecule has 0 radical (unpaired) electrons. The van der Waals surface area contributed by atoms with Crippen LogP contribution in [-0.2, 0) is 16.2 Å². The maximum atomic E-state index is 9.44. The first-order chi connectivity index (χ1) is 3.46. The van der Waals surface area contributed by atoms with Gasteiger partial charge in [-0.05, 0) is 13.8 Å². The molecule has 0 aliphatic rings. The van der Waals surface area contributed by atoms with Crippen molar-refractivity contribution in [2.24, 2.45) is 0 Å². The molecule has 0 atom stereocenters. The van der Waals surface area contributed by atoms with Crippen LogP contribution in [0.15, 0.2) is 0 Å². The van der Waals surface area contributed by atoms with E-state index in [2.05, 4.69) is 0 Å². The number of ketones is 1. The first-order valence-corrected chi connectivity index (χ1v) is 2.80. The van der Waals surface area contributed by atoms with Crippen molar-refractivity contribution in [1.82, 2.24) is 0 Å². The third kappa shape index (κ3) is 725. The van der Waals surface area contributed by atoms with Crippen LogP contribution in [0.1, 0.15) is 13.8 Å². The summed E-state index contributed by atoms with van der Waals surface area (Å²) in [6.45, 7) is 3.06. The Morgan fingerprint density at radius 3 is 1.33 bits per heavy atom. The van der Waals surface area contributed by atoms with Gasteiger partial charge in [-0.15, -0.1) is 0 Å². The van der Waals surface area contributed by atoms with E-state index in [9.17, 15) is 4.79 Å². The van der Waals surface area contributed by atoms with Gasteiger partial charge >= 0.3 is 29.6 Å². The summed E-state index contributed by atoms with van der Waals surface area (Å²) in [4.78, 5) is 9.44. The summed E-state index contributed by atoms with van der Waals surface area (Å²) in [7, 11) is 0. The second-order valence-electron chi connectivity index (χ2n) is 1.14. The summed E-state index contributed by atoms with van der Waals surface area (Å²) in [5.41, 5.74) is 0. The third-order valence-corrected chi connectivity index (χ3v) is 0. The molecule has 0 spiro atoms. The molecule has 0 saturated carbocycles. The van der Waals surface area contributed by atoms with E-state index in [-0.39, 0.29) is 35.3 Å². The molecule has 0 bridgehead atoms. The summed E-state index contributed by atoms with van der Waals surface area (Å²) in [6, 6.07) is 0. The molecule has 0 aliphatic carbocycles. The summed E-state index contributed by atoms with van der Waals surface area (Å²) < 4.78 is 22.8.